The average molecular weight is 236 g/mol. The molecule has 1 aromatic rings. The summed E-state index contributed by atoms with van der Waals surface area (Å²) in [5.41, 5.74) is 3.58. The fraction of sp³-hybridized carbons (Fsp3) is 0.769. The molecule has 2 heterocycles. The van der Waals surface area contributed by atoms with Crippen molar-refractivity contribution in [3.8, 4) is 0 Å². The van der Waals surface area contributed by atoms with Crippen molar-refractivity contribution in [2.24, 2.45) is 0 Å². The van der Waals surface area contributed by atoms with E-state index in [1.54, 1.807) is 0 Å². The molecule has 1 N–H and O–H groups in total. The summed E-state index contributed by atoms with van der Waals surface area (Å²) in [7, 11) is 0. The highest BCUT2D eigenvalue weighted by Crippen LogP contribution is 2.19. The zero-order chi connectivity index (χ0) is 12.1. The smallest absolute Gasteiger partial charge is 0.0945 e. The first-order chi connectivity index (χ1) is 8.27. The molecule has 1 aliphatic rings. The number of rotatable bonds is 5. The highest BCUT2D eigenvalue weighted by Gasteiger charge is 2.23. The number of hydrazine groups is 1. The molecule has 2 rings (SSSR count). The van der Waals surface area contributed by atoms with Crippen LogP contribution in [0.2, 0.25) is 0 Å². The molecule has 4 heteroatoms. The van der Waals surface area contributed by atoms with Gasteiger partial charge in [-0.3, -0.25) is 5.43 Å². The van der Waals surface area contributed by atoms with Crippen molar-refractivity contribution in [3.63, 3.8) is 0 Å². The zero-order valence-corrected chi connectivity index (χ0v) is 11.0. The Morgan fingerprint density at radius 3 is 2.71 bits per heavy atom. The van der Waals surface area contributed by atoms with Crippen LogP contribution in [-0.2, 0) is 6.54 Å². The number of imidazole rings is 1. The summed E-state index contributed by atoms with van der Waals surface area (Å²) in [5.74, 6) is 0. The lowest BCUT2D eigenvalue weighted by atomic mass is 10.00. The van der Waals surface area contributed by atoms with Gasteiger partial charge in [0, 0.05) is 37.6 Å². The first kappa shape index (κ1) is 12.6. The van der Waals surface area contributed by atoms with Crippen LogP contribution in [0.1, 0.15) is 39.5 Å². The van der Waals surface area contributed by atoms with Crippen LogP contribution in [0.25, 0.3) is 0 Å². The van der Waals surface area contributed by atoms with Crippen LogP contribution in [0.4, 0.5) is 0 Å². The van der Waals surface area contributed by atoms with Gasteiger partial charge in [0.2, 0.25) is 0 Å². The summed E-state index contributed by atoms with van der Waals surface area (Å²) < 4.78 is 2.13. The van der Waals surface area contributed by atoms with Crippen molar-refractivity contribution in [1.82, 2.24) is 20.0 Å². The molecule has 96 valence electrons. The van der Waals surface area contributed by atoms with E-state index < -0.39 is 0 Å². The number of aromatic nitrogens is 2. The van der Waals surface area contributed by atoms with E-state index in [0.717, 1.165) is 19.5 Å². The van der Waals surface area contributed by atoms with Crippen molar-refractivity contribution < 1.29 is 0 Å². The third-order valence-corrected chi connectivity index (χ3v) is 3.64. The van der Waals surface area contributed by atoms with E-state index in [0.29, 0.717) is 12.1 Å². The monoisotopic (exact) mass is 236 g/mol. The van der Waals surface area contributed by atoms with Gasteiger partial charge in [-0.05, 0) is 33.1 Å². The summed E-state index contributed by atoms with van der Waals surface area (Å²) in [6.07, 6.45) is 10.9. The highest BCUT2D eigenvalue weighted by atomic mass is 15.5. The maximum atomic E-state index is 4.05. The second kappa shape index (κ2) is 6.17. The van der Waals surface area contributed by atoms with E-state index in [2.05, 4.69) is 33.8 Å². The van der Waals surface area contributed by atoms with Gasteiger partial charge in [-0.2, -0.15) is 0 Å². The topological polar surface area (TPSA) is 33.1 Å². The highest BCUT2D eigenvalue weighted by molar-refractivity contribution is 4.77. The Bertz CT molecular complexity index is 299. The van der Waals surface area contributed by atoms with Crippen molar-refractivity contribution >= 4 is 0 Å². The standard InChI is InChI=1S/C13H24N4/c1-12-5-3-6-13(2)17(12)15-7-4-9-16-10-8-14-11-16/h8,10-13,15H,3-7,9H2,1-2H3. The largest absolute Gasteiger partial charge is 0.337 e. The normalized spacial score (nSPS) is 26.2. The molecule has 1 aromatic heterocycles. The van der Waals surface area contributed by atoms with E-state index in [1.165, 1.54) is 19.3 Å². The molecule has 0 aliphatic carbocycles. The van der Waals surface area contributed by atoms with Gasteiger partial charge in [0.1, 0.15) is 0 Å². The first-order valence-electron chi connectivity index (χ1n) is 6.75. The predicted molar refractivity (Wildman–Crippen MR) is 69.5 cm³/mol. The Hall–Kier alpha value is -0.870. The lowest BCUT2D eigenvalue weighted by molar-refractivity contribution is 0.0458. The quantitative estimate of drug-likeness (QED) is 0.794. The maximum absolute atomic E-state index is 4.05. The third-order valence-electron chi connectivity index (χ3n) is 3.64. The van der Waals surface area contributed by atoms with E-state index in [-0.39, 0.29) is 0 Å². The third kappa shape index (κ3) is 3.54. The minimum absolute atomic E-state index is 0.673. The van der Waals surface area contributed by atoms with Gasteiger partial charge in [-0.1, -0.05) is 6.42 Å². The van der Waals surface area contributed by atoms with Gasteiger partial charge in [-0.15, -0.1) is 0 Å². The fourth-order valence-electron chi connectivity index (χ4n) is 2.62. The van der Waals surface area contributed by atoms with Gasteiger partial charge < -0.3 is 4.57 Å². The molecule has 17 heavy (non-hydrogen) atoms. The van der Waals surface area contributed by atoms with Crippen LogP contribution >= 0.6 is 0 Å². The Labute approximate surface area is 104 Å². The first-order valence-corrected chi connectivity index (χ1v) is 6.75. The summed E-state index contributed by atoms with van der Waals surface area (Å²) in [4.78, 5) is 4.05. The molecule has 0 amide bonds. The van der Waals surface area contributed by atoms with E-state index >= 15 is 0 Å². The molecule has 0 spiro atoms. The number of nitrogens with zero attached hydrogens (tertiary/aromatic N) is 3. The molecule has 2 unspecified atom stereocenters. The van der Waals surface area contributed by atoms with Crippen LogP contribution in [0.15, 0.2) is 18.7 Å². The average Bonchev–Trinajstić information content (AvgIpc) is 2.80. The maximum Gasteiger partial charge on any atom is 0.0945 e. The van der Waals surface area contributed by atoms with Gasteiger partial charge in [0.05, 0.1) is 6.33 Å². The van der Waals surface area contributed by atoms with E-state index in [1.807, 2.05) is 18.7 Å². The van der Waals surface area contributed by atoms with Crippen molar-refractivity contribution in [1.29, 1.82) is 0 Å². The molecule has 0 radical (unpaired) electrons. The molecule has 2 atom stereocenters. The predicted octanol–water partition coefficient (Wildman–Crippen LogP) is 2.04. The molecular weight excluding hydrogens is 212 g/mol. The second-order valence-corrected chi connectivity index (χ2v) is 5.10. The summed E-state index contributed by atoms with van der Waals surface area (Å²) in [6, 6.07) is 1.35. The number of piperidine rings is 1. The molecule has 0 bridgehead atoms. The summed E-state index contributed by atoms with van der Waals surface area (Å²) in [5, 5.41) is 2.44. The van der Waals surface area contributed by atoms with Crippen molar-refractivity contribution in [3.05, 3.63) is 18.7 Å². The Balaban J connectivity index is 1.67. The number of hydrogen-bond acceptors (Lipinski definition) is 3. The minimum Gasteiger partial charge on any atom is -0.337 e. The Kier molecular flexibility index (Phi) is 4.57. The molecule has 0 saturated carbocycles. The second-order valence-electron chi connectivity index (χ2n) is 5.10. The van der Waals surface area contributed by atoms with Crippen LogP contribution in [0.5, 0.6) is 0 Å². The van der Waals surface area contributed by atoms with Crippen LogP contribution in [0, 0.1) is 0 Å². The summed E-state index contributed by atoms with van der Waals surface area (Å²) in [6.45, 7) is 6.73. The van der Waals surface area contributed by atoms with Crippen LogP contribution in [-0.4, -0.2) is 33.2 Å². The van der Waals surface area contributed by atoms with Gasteiger partial charge in [0.25, 0.3) is 0 Å². The van der Waals surface area contributed by atoms with E-state index in [9.17, 15) is 0 Å². The Morgan fingerprint density at radius 1 is 1.29 bits per heavy atom. The van der Waals surface area contributed by atoms with Gasteiger partial charge in [-0.25, -0.2) is 9.99 Å². The fourth-order valence-corrected chi connectivity index (χ4v) is 2.62. The van der Waals surface area contributed by atoms with Crippen molar-refractivity contribution in [2.45, 2.75) is 58.2 Å². The molecule has 1 fully saturated rings. The lowest BCUT2D eigenvalue weighted by Gasteiger charge is -2.39. The molecule has 1 saturated heterocycles. The number of hydrogen-bond donors (Lipinski definition) is 1. The zero-order valence-electron chi connectivity index (χ0n) is 11.0. The molecule has 1 aliphatic heterocycles. The van der Waals surface area contributed by atoms with E-state index in [4.69, 9.17) is 0 Å². The summed E-state index contributed by atoms with van der Waals surface area (Å²) >= 11 is 0. The SMILES string of the molecule is CC1CCCC(C)N1NCCCn1ccnc1. The molecular formula is C13H24N4. The van der Waals surface area contributed by atoms with Gasteiger partial charge >= 0.3 is 0 Å². The number of aryl methyl sites for hydroxylation is 1. The Morgan fingerprint density at radius 2 is 2.06 bits per heavy atom. The minimum atomic E-state index is 0.673. The van der Waals surface area contributed by atoms with Crippen LogP contribution in [0.3, 0.4) is 0 Å². The van der Waals surface area contributed by atoms with Gasteiger partial charge in [0.15, 0.2) is 0 Å². The van der Waals surface area contributed by atoms with Crippen molar-refractivity contribution in [2.75, 3.05) is 6.54 Å². The number of nitrogens with one attached hydrogen (secondary N) is 1. The molecule has 4 nitrogen and oxygen atoms in total. The lowest BCUT2D eigenvalue weighted by Crippen LogP contribution is -2.52. The van der Waals surface area contributed by atoms with Crippen LogP contribution < -0.4 is 5.43 Å². The molecule has 0 aromatic carbocycles.